The largest absolute Gasteiger partial charge is 0.457 e. The Hall–Kier alpha value is -1.83. The molecular formula is C19H11Br2F10NO. The molecule has 0 aromatic heterocycles. The second-order valence-electron chi connectivity index (χ2n) is 6.66. The Morgan fingerprint density at radius 3 is 1.85 bits per heavy atom. The summed E-state index contributed by atoms with van der Waals surface area (Å²) in [6.45, 7) is 0. The Bertz CT molecular complexity index is 1040. The molecule has 0 bridgehead atoms. The van der Waals surface area contributed by atoms with E-state index in [1.54, 1.807) is 0 Å². The normalized spacial score (nSPS) is 14.7. The van der Waals surface area contributed by atoms with E-state index in [4.69, 9.17) is 0 Å². The van der Waals surface area contributed by atoms with E-state index >= 15 is 0 Å². The first kappa shape index (κ1) is 27.4. The van der Waals surface area contributed by atoms with Crippen LogP contribution in [0.3, 0.4) is 0 Å². The number of ketones is 1. The minimum Gasteiger partial charge on any atom is -0.386 e. The zero-order chi connectivity index (χ0) is 25.6. The first-order valence-electron chi connectivity index (χ1n) is 8.58. The molecule has 0 radical (unpaired) electrons. The van der Waals surface area contributed by atoms with Gasteiger partial charge in [-0.1, -0.05) is 37.9 Å². The number of nitrogens with one attached hydrogen (secondary N) is 1. The van der Waals surface area contributed by atoms with Crippen molar-refractivity contribution in [3.63, 3.8) is 0 Å². The third-order valence-corrected chi connectivity index (χ3v) is 6.04. The molecule has 0 spiro atoms. The van der Waals surface area contributed by atoms with E-state index in [2.05, 4.69) is 37.2 Å². The van der Waals surface area contributed by atoms with Crippen LogP contribution in [0.5, 0.6) is 0 Å². The van der Waals surface area contributed by atoms with Crippen LogP contribution in [-0.4, -0.2) is 31.1 Å². The molecule has 0 aliphatic heterocycles. The molecule has 0 amide bonds. The van der Waals surface area contributed by atoms with E-state index in [1.807, 2.05) is 0 Å². The highest BCUT2D eigenvalue weighted by Gasteiger charge is 2.81. The van der Waals surface area contributed by atoms with E-state index in [0.717, 1.165) is 6.07 Å². The number of anilines is 1. The predicted octanol–water partition coefficient (Wildman–Crippen LogP) is 7.74. The Balaban J connectivity index is 2.59. The van der Waals surface area contributed by atoms with Gasteiger partial charge in [0.05, 0.1) is 11.3 Å². The summed E-state index contributed by atoms with van der Waals surface area (Å²) in [4.78, 5) is 12.5. The van der Waals surface area contributed by atoms with Crippen molar-refractivity contribution >= 4 is 43.3 Å². The van der Waals surface area contributed by atoms with Crippen LogP contribution in [-0.2, 0) is 12.1 Å². The van der Waals surface area contributed by atoms with E-state index in [-0.39, 0.29) is 23.4 Å². The van der Waals surface area contributed by atoms with Crippen molar-refractivity contribution in [2.75, 3.05) is 12.4 Å². The molecule has 2 aromatic carbocycles. The van der Waals surface area contributed by atoms with Crippen molar-refractivity contribution in [1.29, 1.82) is 0 Å². The summed E-state index contributed by atoms with van der Waals surface area (Å²) in [5.41, 5.74) is -8.91. The molecule has 2 aromatic rings. The van der Waals surface area contributed by atoms with Gasteiger partial charge in [0.2, 0.25) is 0 Å². The van der Waals surface area contributed by atoms with E-state index < -0.39 is 62.0 Å². The number of hydrogen-bond donors (Lipinski definition) is 1. The van der Waals surface area contributed by atoms with Gasteiger partial charge in [-0.2, -0.15) is 35.1 Å². The lowest BCUT2D eigenvalue weighted by atomic mass is 9.86. The summed E-state index contributed by atoms with van der Waals surface area (Å²) in [5.74, 6) is -8.69. The highest BCUT2D eigenvalue weighted by molar-refractivity contribution is 9.11. The first-order valence-corrected chi connectivity index (χ1v) is 10.2. The average Bonchev–Trinajstić information content (AvgIpc) is 2.68. The molecule has 0 aliphatic carbocycles. The van der Waals surface area contributed by atoms with Gasteiger partial charge in [-0.05, 0) is 29.8 Å². The van der Waals surface area contributed by atoms with Crippen molar-refractivity contribution in [1.82, 2.24) is 0 Å². The van der Waals surface area contributed by atoms with Gasteiger partial charge in [-0.15, -0.1) is 0 Å². The van der Waals surface area contributed by atoms with Gasteiger partial charge < -0.3 is 5.32 Å². The maximum absolute atomic E-state index is 14.7. The molecule has 14 heteroatoms. The quantitative estimate of drug-likeness (QED) is 0.265. The summed E-state index contributed by atoms with van der Waals surface area (Å²) in [6.07, 6.45) is -14.3. The SMILES string of the molecule is CNc1cccc(C(=O)Cc2c(Br)cc(C(F)(C(F)(F)F)C(F)(F)C(F)(F)F)cc2Br)c1F. The maximum atomic E-state index is 14.7. The van der Waals surface area contributed by atoms with Gasteiger partial charge in [-0.3, -0.25) is 4.79 Å². The average molecular weight is 619 g/mol. The predicted molar refractivity (Wildman–Crippen MR) is 106 cm³/mol. The fraction of sp³-hybridized carbons (Fsp3) is 0.316. The molecule has 0 heterocycles. The number of carbonyl (C=O) groups is 1. The van der Waals surface area contributed by atoms with Crippen LogP contribution in [0.15, 0.2) is 39.3 Å². The lowest BCUT2D eigenvalue weighted by Crippen LogP contribution is -2.59. The zero-order valence-electron chi connectivity index (χ0n) is 16.0. The molecular weight excluding hydrogens is 608 g/mol. The van der Waals surface area contributed by atoms with Crippen LogP contribution in [0.1, 0.15) is 21.5 Å². The molecule has 1 N–H and O–H groups in total. The third kappa shape index (κ3) is 4.73. The lowest BCUT2D eigenvalue weighted by Gasteiger charge is -2.36. The van der Waals surface area contributed by atoms with Gasteiger partial charge in [0.15, 0.2) is 11.6 Å². The number of Topliss-reactive ketones (excluding diaryl/α,β-unsaturated/α-hetero) is 1. The topological polar surface area (TPSA) is 29.1 Å². The number of halogens is 12. The summed E-state index contributed by atoms with van der Waals surface area (Å²) >= 11 is 5.35. The number of benzene rings is 2. The molecule has 0 fully saturated rings. The third-order valence-electron chi connectivity index (χ3n) is 4.62. The molecule has 33 heavy (non-hydrogen) atoms. The van der Waals surface area contributed by atoms with Crippen LogP contribution >= 0.6 is 31.9 Å². The van der Waals surface area contributed by atoms with Crippen LogP contribution in [0.25, 0.3) is 0 Å². The fourth-order valence-electron chi connectivity index (χ4n) is 2.89. The Morgan fingerprint density at radius 1 is 0.909 bits per heavy atom. The van der Waals surface area contributed by atoms with Crippen molar-refractivity contribution in [3.8, 4) is 0 Å². The monoisotopic (exact) mass is 617 g/mol. The molecule has 2 nitrogen and oxygen atoms in total. The van der Waals surface area contributed by atoms with Gasteiger partial charge in [0.25, 0.3) is 0 Å². The minimum absolute atomic E-state index is 0.0453. The lowest BCUT2D eigenvalue weighted by molar-refractivity contribution is -0.389. The molecule has 0 saturated carbocycles. The molecule has 1 atom stereocenters. The van der Waals surface area contributed by atoms with Crippen LogP contribution in [0.4, 0.5) is 49.6 Å². The van der Waals surface area contributed by atoms with Crippen molar-refractivity contribution in [2.45, 2.75) is 30.4 Å². The number of rotatable bonds is 6. The van der Waals surface area contributed by atoms with Crippen molar-refractivity contribution < 1.29 is 48.7 Å². The summed E-state index contributed by atoms with van der Waals surface area (Å²) in [5, 5.41) is 2.48. The van der Waals surface area contributed by atoms with Gasteiger partial charge in [0.1, 0.15) is 0 Å². The van der Waals surface area contributed by atoms with Crippen molar-refractivity contribution in [3.05, 3.63) is 61.8 Å². The van der Waals surface area contributed by atoms with Crippen molar-refractivity contribution in [2.24, 2.45) is 0 Å². The number of hydrogen-bond acceptors (Lipinski definition) is 2. The Morgan fingerprint density at radius 2 is 1.42 bits per heavy atom. The standard InChI is InChI=1S/C19H11Br2F10NO/c1-32-13-4-2-3-9(15(13)22)14(33)7-10-11(20)5-8(6-12(10)21)16(23,18(26,27)28)17(24,25)19(29,30)31/h2-6,32H,7H2,1H3. The minimum atomic E-state index is -6.87. The second-order valence-corrected chi connectivity index (χ2v) is 8.37. The number of carbonyl (C=O) groups excluding carboxylic acids is 1. The van der Waals surface area contributed by atoms with Crippen LogP contribution in [0, 0.1) is 5.82 Å². The maximum Gasteiger partial charge on any atom is 0.457 e. The van der Waals surface area contributed by atoms with Crippen LogP contribution < -0.4 is 5.32 Å². The molecule has 1 unspecified atom stereocenters. The van der Waals surface area contributed by atoms with Gasteiger partial charge >= 0.3 is 23.9 Å². The first-order chi connectivity index (χ1) is 14.9. The summed E-state index contributed by atoms with van der Waals surface area (Å²) in [6, 6.07) is 3.89. The highest BCUT2D eigenvalue weighted by Crippen LogP contribution is 2.58. The zero-order valence-corrected chi connectivity index (χ0v) is 19.2. The second kappa shape index (κ2) is 9.08. The molecule has 182 valence electrons. The van der Waals surface area contributed by atoms with Crippen LogP contribution in [0.2, 0.25) is 0 Å². The highest BCUT2D eigenvalue weighted by atomic mass is 79.9. The fourth-order valence-corrected chi connectivity index (χ4v) is 4.35. The van der Waals surface area contributed by atoms with E-state index in [0.29, 0.717) is 0 Å². The van der Waals surface area contributed by atoms with E-state index in [9.17, 15) is 48.7 Å². The van der Waals surface area contributed by atoms with E-state index in [1.165, 1.54) is 19.2 Å². The molecule has 0 saturated heterocycles. The molecule has 2 rings (SSSR count). The summed E-state index contributed by atoms with van der Waals surface area (Å²) in [7, 11) is 1.37. The molecule has 0 aliphatic rings. The Kier molecular flexibility index (Phi) is 7.54. The Labute approximate surface area is 196 Å². The number of alkyl halides is 9. The smallest absolute Gasteiger partial charge is 0.386 e. The summed E-state index contributed by atoms with van der Waals surface area (Å²) < 4.78 is 133. The van der Waals surface area contributed by atoms with Gasteiger partial charge in [-0.25, -0.2) is 8.78 Å². The van der Waals surface area contributed by atoms with Gasteiger partial charge in [0, 0.05) is 28.0 Å².